The molecule has 0 saturated carbocycles. The highest BCUT2D eigenvalue weighted by atomic mass is 14.7. The standard InChI is InChI=1S/C42H27N3/c43-26-29-23-33(28-44-27-29)41-18-10-17-40(45-41)32-20-22-39-37(25-32)36-24-31(30-11-4-1-5-12-30)19-21-38(36)42(39,34-13-6-2-7-14-34)35-15-8-3-9-16-35/h1-25,27-28H. The quantitative estimate of drug-likeness (QED) is 0.206. The van der Waals surface area contributed by atoms with Crippen molar-refractivity contribution in [1.82, 2.24) is 9.97 Å². The molecule has 8 rings (SSSR count). The van der Waals surface area contributed by atoms with E-state index < -0.39 is 5.41 Å². The molecule has 0 atom stereocenters. The molecule has 7 aromatic rings. The second-order valence-electron chi connectivity index (χ2n) is 11.4. The van der Waals surface area contributed by atoms with Crippen molar-refractivity contribution in [2.75, 3.05) is 0 Å². The van der Waals surface area contributed by atoms with Crippen LogP contribution in [0, 0.1) is 11.3 Å². The van der Waals surface area contributed by atoms with E-state index in [4.69, 9.17) is 4.98 Å². The molecular weight excluding hydrogens is 546 g/mol. The third-order valence-corrected chi connectivity index (χ3v) is 8.87. The van der Waals surface area contributed by atoms with E-state index in [-0.39, 0.29) is 0 Å². The average molecular weight is 574 g/mol. The van der Waals surface area contributed by atoms with Gasteiger partial charge in [-0.05, 0) is 74.8 Å². The second-order valence-corrected chi connectivity index (χ2v) is 11.4. The van der Waals surface area contributed by atoms with Crippen LogP contribution in [0.5, 0.6) is 0 Å². The van der Waals surface area contributed by atoms with Gasteiger partial charge in [0.1, 0.15) is 6.07 Å². The van der Waals surface area contributed by atoms with Gasteiger partial charge >= 0.3 is 0 Å². The van der Waals surface area contributed by atoms with Crippen LogP contribution in [0.4, 0.5) is 0 Å². The number of hydrogen-bond donors (Lipinski definition) is 0. The third-order valence-electron chi connectivity index (χ3n) is 8.87. The molecule has 2 aromatic heterocycles. The summed E-state index contributed by atoms with van der Waals surface area (Å²) in [6.07, 6.45) is 3.33. The van der Waals surface area contributed by atoms with Crippen LogP contribution in [-0.2, 0) is 5.41 Å². The van der Waals surface area contributed by atoms with Crippen molar-refractivity contribution in [2.45, 2.75) is 5.41 Å². The fourth-order valence-electron chi connectivity index (χ4n) is 6.87. The summed E-state index contributed by atoms with van der Waals surface area (Å²) < 4.78 is 0. The highest BCUT2D eigenvalue weighted by molar-refractivity contribution is 5.90. The van der Waals surface area contributed by atoms with E-state index in [2.05, 4.69) is 138 Å². The number of hydrogen-bond acceptors (Lipinski definition) is 3. The fraction of sp³-hybridized carbons (Fsp3) is 0.0238. The molecule has 2 heterocycles. The van der Waals surface area contributed by atoms with Crippen molar-refractivity contribution in [1.29, 1.82) is 5.26 Å². The van der Waals surface area contributed by atoms with Gasteiger partial charge in [0.15, 0.2) is 0 Å². The van der Waals surface area contributed by atoms with Crippen molar-refractivity contribution in [2.24, 2.45) is 0 Å². The van der Waals surface area contributed by atoms with Crippen LogP contribution in [0.15, 0.2) is 164 Å². The smallest absolute Gasteiger partial charge is 0.101 e. The number of benzene rings is 5. The van der Waals surface area contributed by atoms with E-state index in [9.17, 15) is 5.26 Å². The molecule has 0 bridgehead atoms. The lowest BCUT2D eigenvalue weighted by atomic mass is 9.67. The van der Waals surface area contributed by atoms with Gasteiger partial charge in [0.05, 0.1) is 22.4 Å². The number of nitriles is 1. The molecule has 45 heavy (non-hydrogen) atoms. The minimum absolute atomic E-state index is 0.473. The largest absolute Gasteiger partial charge is 0.263 e. The Bertz CT molecular complexity index is 2180. The van der Waals surface area contributed by atoms with Gasteiger partial charge in [0.2, 0.25) is 0 Å². The Hall–Kier alpha value is -6.11. The zero-order chi connectivity index (χ0) is 30.2. The summed E-state index contributed by atoms with van der Waals surface area (Å²) in [7, 11) is 0. The number of rotatable bonds is 5. The summed E-state index contributed by atoms with van der Waals surface area (Å²) in [4.78, 5) is 9.29. The van der Waals surface area contributed by atoms with Gasteiger partial charge in [0, 0.05) is 23.5 Å². The van der Waals surface area contributed by atoms with Gasteiger partial charge in [-0.1, -0.05) is 121 Å². The predicted octanol–water partition coefficient (Wildman–Crippen LogP) is 9.71. The van der Waals surface area contributed by atoms with Crippen molar-refractivity contribution >= 4 is 0 Å². The van der Waals surface area contributed by atoms with Crippen LogP contribution in [0.1, 0.15) is 27.8 Å². The average Bonchev–Trinajstić information content (AvgIpc) is 3.42. The van der Waals surface area contributed by atoms with Crippen LogP contribution < -0.4 is 0 Å². The normalized spacial score (nSPS) is 12.6. The summed E-state index contributed by atoms with van der Waals surface area (Å²) in [5.74, 6) is 0. The topological polar surface area (TPSA) is 49.6 Å². The molecule has 5 aromatic carbocycles. The van der Waals surface area contributed by atoms with Crippen molar-refractivity contribution in [3.63, 3.8) is 0 Å². The van der Waals surface area contributed by atoms with E-state index in [1.54, 1.807) is 12.4 Å². The molecule has 0 radical (unpaired) electrons. The van der Waals surface area contributed by atoms with E-state index in [0.29, 0.717) is 5.56 Å². The lowest BCUT2D eigenvalue weighted by Crippen LogP contribution is -2.28. The van der Waals surface area contributed by atoms with Crippen LogP contribution in [0.25, 0.3) is 44.8 Å². The van der Waals surface area contributed by atoms with Crippen molar-refractivity contribution in [3.05, 3.63) is 192 Å². The summed E-state index contributed by atoms with van der Waals surface area (Å²) in [6, 6.07) is 56.0. The van der Waals surface area contributed by atoms with Gasteiger partial charge in [-0.3, -0.25) is 4.98 Å². The molecule has 1 aliphatic rings. The molecule has 0 spiro atoms. The molecule has 1 aliphatic carbocycles. The number of pyridine rings is 2. The Labute approximate surface area is 262 Å². The predicted molar refractivity (Wildman–Crippen MR) is 180 cm³/mol. The summed E-state index contributed by atoms with van der Waals surface area (Å²) in [5, 5.41) is 9.40. The molecule has 0 N–H and O–H groups in total. The fourth-order valence-corrected chi connectivity index (χ4v) is 6.87. The molecular formula is C42H27N3. The van der Waals surface area contributed by atoms with Gasteiger partial charge < -0.3 is 0 Å². The minimum atomic E-state index is -0.473. The van der Waals surface area contributed by atoms with Gasteiger partial charge in [-0.25, -0.2) is 4.98 Å². The van der Waals surface area contributed by atoms with E-state index >= 15 is 0 Å². The van der Waals surface area contributed by atoms with Crippen molar-refractivity contribution < 1.29 is 0 Å². The first-order valence-electron chi connectivity index (χ1n) is 15.0. The first-order chi connectivity index (χ1) is 22.3. The van der Waals surface area contributed by atoms with Gasteiger partial charge in [0.25, 0.3) is 0 Å². The van der Waals surface area contributed by atoms with Crippen molar-refractivity contribution in [3.8, 4) is 50.8 Å². The monoisotopic (exact) mass is 573 g/mol. The van der Waals surface area contributed by atoms with Gasteiger partial charge in [-0.15, -0.1) is 0 Å². The molecule has 0 saturated heterocycles. The third kappa shape index (κ3) is 4.35. The number of nitrogens with zero attached hydrogens (tertiary/aromatic N) is 3. The molecule has 210 valence electrons. The SMILES string of the molecule is N#Cc1cncc(-c2cccc(-c3ccc4c(c3)-c3cc(-c5ccccc5)ccc3C4(c3ccccc3)c3ccccc3)n2)c1. The van der Waals surface area contributed by atoms with Crippen LogP contribution in [0.2, 0.25) is 0 Å². The molecule has 0 aliphatic heterocycles. The Balaban J connectivity index is 1.37. The summed E-state index contributed by atoms with van der Waals surface area (Å²) in [6.45, 7) is 0. The summed E-state index contributed by atoms with van der Waals surface area (Å²) in [5.41, 5.74) is 13.4. The highest BCUT2D eigenvalue weighted by Gasteiger charge is 2.46. The van der Waals surface area contributed by atoms with E-state index in [0.717, 1.165) is 22.5 Å². The highest BCUT2D eigenvalue weighted by Crippen LogP contribution is 2.57. The molecule has 0 fully saturated rings. The Morgan fingerprint density at radius 1 is 0.467 bits per heavy atom. The maximum absolute atomic E-state index is 9.40. The minimum Gasteiger partial charge on any atom is -0.263 e. The number of aromatic nitrogens is 2. The van der Waals surface area contributed by atoms with E-state index in [1.165, 1.54) is 44.5 Å². The van der Waals surface area contributed by atoms with Crippen LogP contribution in [0.3, 0.4) is 0 Å². The Kier molecular flexibility index (Phi) is 6.40. The summed E-state index contributed by atoms with van der Waals surface area (Å²) >= 11 is 0. The first-order valence-corrected chi connectivity index (χ1v) is 15.0. The second kappa shape index (κ2) is 10.9. The zero-order valence-corrected chi connectivity index (χ0v) is 24.4. The van der Waals surface area contributed by atoms with Gasteiger partial charge in [-0.2, -0.15) is 5.26 Å². The lowest BCUT2D eigenvalue weighted by molar-refractivity contribution is 0.768. The lowest BCUT2D eigenvalue weighted by Gasteiger charge is -2.34. The Morgan fingerprint density at radius 2 is 1.02 bits per heavy atom. The maximum Gasteiger partial charge on any atom is 0.101 e. The molecule has 3 heteroatoms. The molecule has 0 amide bonds. The molecule has 0 unspecified atom stereocenters. The van der Waals surface area contributed by atoms with Crippen LogP contribution >= 0.6 is 0 Å². The molecule has 3 nitrogen and oxygen atoms in total. The maximum atomic E-state index is 9.40. The Morgan fingerprint density at radius 3 is 1.64 bits per heavy atom. The number of fused-ring (bicyclic) bond motifs is 3. The first kappa shape index (κ1) is 26.5. The van der Waals surface area contributed by atoms with E-state index in [1.807, 2.05) is 24.3 Å². The van der Waals surface area contributed by atoms with Crippen LogP contribution in [-0.4, -0.2) is 9.97 Å². The zero-order valence-electron chi connectivity index (χ0n) is 24.4.